The predicted octanol–water partition coefficient (Wildman–Crippen LogP) is 4.82. The summed E-state index contributed by atoms with van der Waals surface area (Å²) in [5.74, 6) is -0.00228. The number of hydrogen-bond acceptors (Lipinski definition) is 3. The standard InChI is InChI=1S/C25H30N4O/c1-17(2)29-16-26-22-12-13-28(15-20-8-6-5-7-9-20)24(23(22)29)25(30)27-21-11-10-18(3)19(4)14-21/h5-11,14,16-17,24H,12-13,15H2,1-4H3,(H,27,30)/t24-/m0/s1. The molecule has 1 amide bonds. The van der Waals surface area contributed by atoms with Gasteiger partial charge in [0, 0.05) is 31.2 Å². The van der Waals surface area contributed by atoms with Crippen molar-refractivity contribution in [3.63, 3.8) is 0 Å². The number of fused-ring (bicyclic) bond motifs is 1. The van der Waals surface area contributed by atoms with E-state index in [4.69, 9.17) is 0 Å². The molecule has 0 saturated heterocycles. The molecular formula is C25H30N4O. The highest BCUT2D eigenvalue weighted by atomic mass is 16.2. The molecule has 0 radical (unpaired) electrons. The largest absolute Gasteiger partial charge is 0.330 e. The van der Waals surface area contributed by atoms with Crippen molar-refractivity contribution < 1.29 is 4.79 Å². The third-order valence-electron chi connectivity index (χ3n) is 5.98. The average molecular weight is 403 g/mol. The van der Waals surface area contributed by atoms with E-state index in [2.05, 4.69) is 65.7 Å². The van der Waals surface area contributed by atoms with Crippen molar-refractivity contribution in [1.82, 2.24) is 14.5 Å². The van der Waals surface area contributed by atoms with Crippen LogP contribution in [0.3, 0.4) is 0 Å². The molecule has 3 aromatic rings. The van der Waals surface area contributed by atoms with Crippen LogP contribution in [-0.4, -0.2) is 26.9 Å². The lowest BCUT2D eigenvalue weighted by Gasteiger charge is -2.36. The summed E-state index contributed by atoms with van der Waals surface area (Å²) in [7, 11) is 0. The second-order valence-corrected chi connectivity index (χ2v) is 8.47. The number of amides is 1. The van der Waals surface area contributed by atoms with Crippen molar-refractivity contribution in [3.8, 4) is 0 Å². The van der Waals surface area contributed by atoms with Gasteiger partial charge in [0.25, 0.3) is 0 Å². The van der Waals surface area contributed by atoms with Crippen molar-refractivity contribution in [1.29, 1.82) is 0 Å². The van der Waals surface area contributed by atoms with Crippen LogP contribution in [0.25, 0.3) is 0 Å². The zero-order valence-electron chi connectivity index (χ0n) is 18.2. The molecular weight excluding hydrogens is 372 g/mol. The van der Waals surface area contributed by atoms with Crippen LogP contribution >= 0.6 is 0 Å². The van der Waals surface area contributed by atoms with Gasteiger partial charge >= 0.3 is 0 Å². The second kappa shape index (κ2) is 8.44. The Kier molecular flexibility index (Phi) is 5.73. The summed E-state index contributed by atoms with van der Waals surface area (Å²) in [5, 5.41) is 3.17. The van der Waals surface area contributed by atoms with Gasteiger partial charge in [-0.2, -0.15) is 0 Å². The second-order valence-electron chi connectivity index (χ2n) is 8.47. The minimum atomic E-state index is -0.375. The molecule has 0 aliphatic carbocycles. The zero-order chi connectivity index (χ0) is 21.3. The number of anilines is 1. The Morgan fingerprint density at radius 1 is 1.13 bits per heavy atom. The maximum Gasteiger partial charge on any atom is 0.247 e. The van der Waals surface area contributed by atoms with E-state index in [0.717, 1.165) is 36.6 Å². The fourth-order valence-corrected chi connectivity index (χ4v) is 4.17. The van der Waals surface area contributed by atoms with Crippen molar-refractivity contribution in [2.24, 2.45) is 0 Å². The Labute approximate surface area is 178 Å². The van der Waals surface area contributed by atoms with E-state index < -0.39 is 0 Å². The van der Waals surface area contributed by atoms with Crippen LogP contribution in [0.1, 0.15) is 54.0 Å². The Hall–Kier alpha value is -2.92. The number of rotatable bonds is 5. The molecule has 2 aromatic carbocycles. The third kappa shape index (κ3) is 4.03. The molecule has 4 rings (SSSR count). The summed E-state index contributed by atoms with van der Waals surface area (Å²) in [5.41, 5.74) is 6.50. The van der Waals surface area contributed by atoms with Crippen LogP contribution in [0.4, 0.5) is 5.69 Å². The first kappa shape index (κ1) is 20.4. The highest BCUT2D eigenvalue weighted by molar-refractivity contribution is 5.95. The summed E-state index contributed by atoms with van der Waals surface area (Å²) in [6.45, 7) is 9.96. The molecule has 0 unspecified atom stereocenters. The van der Waals surface area contributed by atoms with Gasteiger partial charge in [0.15, 0.2) is 0 Å². The fourth-order valence-electron chi connectivity index (χ4n) is 4.17. The number of carbonyl (C=O) groups is 1. The Morgan fingerprint density at radius 3 is 2.60 bits per heavy atom. The summed E-state index contributed by atoms with van der Waals surface area (Å²) in [4.78, 5) is 20.5. The average Bonchev–Trinajstić information content (AvgIpc) is 3.15. The molecule has 0 saturated carbocycles. The van der Waals surface area contributed by atoms with Gasteiger partial charge in [0.1, 0.15) is 6.04 Å². The van der Waals surface area contributed by atoms with Gasteiger partial charge in [-0.05, 0) is 56.5 Å². The van der Waals surface area contributed by atoms with Gasteiger partial charge < -0.3 is 9.88 Å². The number of nitrogens with zero attached hydrogens (tertiary/aromatic N) is 3. The number of aryl methyl sites for hydroxylation is 2. The van der Waals surface area contributed by atoms with E-state index in [-0.39, 0.29) is 18.0 Å². The Bertz CT molecular complexity index is 1040. The summed E-state index contributed by atoms with van der Waals surface area (Å²) in [6.07, 6.45) is 2.74. The van der Waals surface area contributed by atoms with Crippen LogP contribution in [0.5, 0.6) is 0 Å². The van der Waals surface area contributed by atoms with Crippen LogP contribution in [0.15, 0.2) is 54.9 Å². The minimum absolute atomic E-state index is 0.00228. The van der Waals surface area contributed by atoms with Gasteiger partial charge in [-0.15, -0.1) is 0 Å². The van der Waals surface area contributed by atoms with E-state index in [9.17, 15) is 4.79 Å². The van der Waals surface area contributed by atoms with Crippen molar-refractivity contribution in [3.05, 3.63) is 82.9 Å². The minimum Gasteiger partial charge on any atom is -0.330 e. The van der Waals surface area contributed by atoms with Crippen molar-refractivity contribution >= 4 is 11.6 Å². The molecule has 1 aromatic heterocycles. The lowest BCUT2D eigenvalue weighted by atomic mass is 9.99. The van der Waals surface area contributed by atoms with Gasteiger partial charge in [-0.1, -0.05) is 36.4 Å². The van der Waals surface area contributed by atoms with E-state index in [0.29, 0.717) is 0 Å². The van der Waals surface area contributed by atoms with Crippen LogP contribution < -0.4 is 5.32 Å². The SMILES string of the molecule is Cc1ccc(NC(=O)[C@@H]2c3c(ncn3C(C)C)CCN2Cc2ccccc2)cc1C. The molecule has 5 nitrogen and oxygen atoms in total. The van der Waals surface area contributed by atoms with Crippen LogP contribution in [0.2, 0.25) is 0 Å². The zero-order valence-corrected chi connectivity index (χ0v) is 18.2. The highest BCUT2D eigenvalue weighted by Crippen LogP contribution is 2.33. The molecule has 1 aliphatic rings. The number of imidazole rings is 1. The van der Waals surface area contributed by atoms with Gasteiger partial charge in [-0.3, -0.25) is 9.69 Å². The summed E-state index contributed by atoms with van der Waals surface area (Å²) < 4.78 is 2.15. The van der Waals surface area contributed by atoms with Crippen LogP contribution in [0, 0.1) is 13.8 Å². The fraction of sp³-hybridized carbons (Fsp3) is 0.360. The van der Waals surface area contributed by atoms with E-state index in [1.807, 2.05) is 36.7 Å². The number of aromatic nitrogens is 2. The van der Waals surface area contributed by atoms with Crippen molar-refractivity contribution in [2.75, 3.05) is 11.9 Å². The molecule has 0 spiro atoms. The topological polar surface area (TPSA) is 50.2 Å². The molecule has 30 heavy (non-hydrogen) atoms. The summed E-state index contributed by atoms with van der Waals surface area (Å²) in [6, 6.07) is 16.3. The quantitative estimate of drug-likeness (QED) is 0.666. The third-order valence-corrected chi connectivity index (χ3v) is 5.98. The number of nitrogens with one attached hydrogen (secondary N) is 1. The highest BCUT2D eigenvalue weighted by Gasteiger charge is 2.37. The van der Waals surface area contributed by atoms with E-state index >= 15 is 0 Å². The molecule has 1 aliphatic heterocycles. The normalized spacial score (nSPS) is 16.5. The monoisotopic (exact) mass is 402 g/mol. The first-order chi connectivity index (χ1) is 14.4. The Balaban J connectivity index is 1.69. The smallest absolute Gasteiger partial charge is 0.247 e. The first-order valence-corrected chi connectivity index (χ1v) is 10.7. The Morgan fingerprint density at radius 2 is 1.90 bits per heavy atom. The molecule has 1 atom stereocenters. The number of carbonyl (C=O) groups excluding carboxylic acids is 1. The van der Waals surface area contributed by atoms with Gasteiger partial charge in [-0.25, -0.2) is 4.98 Å². The first-order valence-electron chi connectivity index (χ1n) is 10.7. The maximum atomic E-state index is 13.6. The molecule has 2 heterocycles. The van der Waals surface area contributed by atoms with Gasteiger partial charge in [0.05, 0.1) is 17.7 Å². The molecule has 1 N–H and O–H groups in total. The molecule has 5 heteroatoms. The maximum absolute atomic E-state index is 13.6. The summed E-state index contributed by atoms with van der Waals surface area (Å²) >= 11 is 0. The molecule has 156 valence electrons. The predicted molar refractivity (Wildman–Crippen MR) is 120 cm³/mol. The van der Waals surface area contributed by atoms with Crippen molar-refractivity contribution in [2.45, 2.75) is 52.7 Å². The molecule has 0 bridgehead atoms. The number of benzene rings is 2. The van der Waals surface area contributed by atoms with Gasteiger partial charge in [0.2, 0.25) is 5.91 Å². The number of hydrogen-bond donors (Lipinski definition) is 1. The van der Waals surface area contributed by atoms with E-state index in [1.54, 1.807) is 0 Å². The lowest BCUT2D eigenvalue weighted by molar-refractivity contribution is -0.122. The van der Waals surface area contributed by atoms with Crippen LogP contribution in [-0.2, 0) is 17.8 Å². The van der Waals surface area contributed by atoms with E-state index in [1.165, 1.54) is 16.7 Å². The lowest BCUT2D eigenvalue weighted by Crippen LogP contribution is -2.42. The molecule has 0 fully saturated rings.